The van der Waals surface area contributed by atoms with Gasteiger partial charge >= 0.3 is 0 Å². The van der Waals surface area contributed by atoms with Gasteiger partial charge in [0.05, 0.1) is 11.6 Å². The van der Waals surface area contributed by atoms with E-state index in [1.165, 1.54) is 30.0 Å². The highest BCUT2D eigenvalue weighted by Gasteiger charge is 2.56. The first-order valence-corrected chi connectivity index (χ1v) is 7.48. The highest BCUT2D eigenvalue weighted by molar-refractivity contribution is 5.85. The molecule has 0 aliphatic carbocycles. The Hall–Kier alpha value is -2.03. The molecule has 3 nitrogen and oxygen atoms in total. The first-order chi connectivity index (χ1) is 10.7. The summed E-state index contributed by atoms with van der Waals surface area (Å²) in [6.07, 6.45) is 1.08. The number of benzene rings is 1. The molecule has 0 bridgehead atoms. The van der Waals surface area contributed by atoms with Crippen LogP contribution in [0.5, 0.6) is 0 Å². The highest BCUT2D eigenvalue weighted by Crippen LogP contribution is 2.44. The summed E-state index contributed by atoms with van der Waals surface area (Å²) in [5, 5.41) is 8.25. The van der Waals surface area contributed by atoms with Gasteiger partial charge in [-0.25, -0.2) is 13.2 Å². The largest absolute Gasteiger partial charge is 0.342 e. The molecule has 126 valence electrons. The van der Waals surface area contributed by atoms with E-state index in [2.05, 4.69) is 0 Å². The van der Waals surface area contributed by atoms with Crippen molar-refractivity contribution in [2.75, 3.05) is 13.1 Å². The fourth-order valence-corrected chi connectivity index (χ4v) is 2.36. The number of hydrogen-bond donors (Lipinski definition) is 0. The van der Waals surface area contributed by atoms with Gasteiger partial charge in [-0.1, -0.05) is 13.0 Å². The molecule has 1 unspecified atom stereocenters. The Morgan fingerprint density at radius 3 is 2.48 bits per heavy atom. The third-order valence-corrected chi connectivity index (χ3v) is 4.06. The number of hydrogen-bond acceptors (Lipinski definition) is 2. The van der Waals surface area contributed by atoms with E-state index in [4.69, 9.17) is 5.26 Å². The van der Waals surface area contributed by atoms with E-state index in [1.54, 1.807) is 6.07 Å². The molecule has 1 aliphatic rings. The number of carbonyl (C=O) groups excluding carboxylic acids is 1. The second kappa shape index (κ2) is 7.49. The number of nitriles is 1. The van der Waals surface area contributed by atoms with Crippen molar-refractivity contribution in [1.29, 1.82) is 5.26 Å². The summed E-state index contributed by atoms with van der Waals surface area (Å²) in [5.74, 6) is -3.69. The molecule has 1 fully saturated rings. The monoisotopic (exact) mass is 326 g/mol. The Labute approximate surface area is 134 Å². The van der Waals surface area contributed by atoms with E-state index < -0.39 is 17.2 Å². The van der Waals surface area contributed by atoms with Gasteiger partial charge in [-0.3, -0.25) is 4.79 Å². The molecular formula is C17H21F3N2O. The SMILES string of the molecule is CCCN1CCC(C)(C(C)(F)F)C1=O.N#Cc1cccc(F)c1. The first kappa shape index (κ1) is 19.0. The van der Waals surface area contributed by atoms with Crippen LogP contribution < -0.4 is 0 Å². The van der Waals surface area contributed by atoms with Crippen LogP contribution in [0.15, 0.2) is 24.3 Å². The lowest BCUT2D eigenvalue weighted by Gasteiger charge is -2.29. The summed E-state index contributed by atoms with van der Waals surface area (Å²) >= 11 is 0. The summed E-state index contributed by atoms with van der Waals surface area (Å²) in [6, 6.07) is 7.40. The quantitative estimate of drug-likeness (QED) is 0.843. The summed E-state index contributed by atoms with van der Waals surface area (Å²) in [7, 11) is 0. The molecular weight excluding hydrogens is 305 g/mol. The van der Waals surface area contributed by atoms with Crippen LogP contribution in [-0.2, 0) is 4.79 Å². The second-order valence-corrected chi connectivity index (χ2v) is 5.88. The van der Waals surface area contributed by atoms with Crippen molar-refractivity contribution in [1.82, 2.24) is 4.90 Å². The van der Waals surface area contributed by atoms with Crippen LogP contribution in [0.2, 0.25) is 0 Å². The van der Waals surface area contributed by atoms with Crippen LogP contribution in [-0.4, -0.2) is 29.8 Å². The third kappa shape index (κ3) is 4.47. The van der Waals surface area contributed by atoms with Crippen molar-refractivity contribution >= 4 is 5.91 Å². The maximum atomic E-state index is 13.2. The Kier molecular flexibility index (Phi) is 6.20. The molecule has 1 aromatic rings. The predicted molar refractivity (Wildman–Crippen MR) is 81.3 cm³/mol. The van der Waals surface area contributed by atoms with Gasteiger partial charge in [-0.15, -0.1) is 0 Å². The van der Waals surface area contributed by atoms with Gasteiger partial charge < -0.3 is 4.90 Å². The topological polar surface area (TPSA) is 44.1 Å². The van der Waals surface area contributed by atoms with Crippen LogP contribution in [0.3, 0.4) is 0 Å². The average Bonchev–Trinajstić information content (AvgIpc) is 2.78. The lowest BCUT2D eigenvalue weighted by Crippen LogP contribution is -2.43. The summed E-state index contributed by atoms with van der Waals surface area (Å²) < 4.78 is 38.7. The zero-order valence-corrected chi connectivity index (χ0v) is 13.6. The van der Waals surface area contributed by atoms with Crippen molar-refractivity contribution in [3.8, 4) is 6.07 Å². The zero-order chi connectivity index (χ0) is 17.7. The molecule has 1 aliphatic heterocycles. The van der Waals surface area contributed by atoms with E-state index in [9.17, 15) is 18.0 Å². The maximum absolute atomic E-state index is 13.2. The minimum absolute atomic E-state index is 0.259. The van der Waals surface area contributed by atoms with Gasteiger partial charge in [0.1, 0.15) is 11.2 Å². The molecule has 1 saturated heterocycles. The van der Waals surface area contributed by atoms with Crippen molar-refractivity contribution in [3.63, 3.8) is 0 Å². The van der Waals surface area contributed by atoms with Gasteiger partial charge in [-0.2, -0.15) is 5.26 Å². The smallest absolute Gasteiger partial charge is 0.259 e. The number of carbonyl (C=O) groups is 1. The molecule has 1 heterocycles. The molecule has 1 atom stereocenters. The van der Waals surface area contributed by atoms with Gasteiger partial charge in [0.2, 0.25) is 5.91 Å². The van der Waals surface area contributed by atoms with E-state index in [0.29, 0.717) is 18.7 Å². The number of nitrogens with zero attached hydrogens (tertiary/aromatic N) is 2. The van der Waals surface area contributed by atoms with Gasteiger partial charge in [0, 0.05) is 20.0 Å². The van der Waals surface area contributed by atoms with E-state index in [0.717, 1.165) is 13.3 Å². The van der Waals surface area contributed by atoms with E-state index in [1.807, 2.05) is 13.0 Å². The first-order valence-electron chi connectivity index (χ1n) is 7.48. The molecule has 0 aromatic heterocycles. The standard InChI is InChI=1S/C10H17F2NO.C7H4FN/c1-4-6-13-7-5-9(2,8(13)14)10(3,11)12;8-7-3-1-2-6(4-7)5-9/h4-7H2,1-3H3;1-4H. The molecule has 0 N–H and O–H groups in total. The Bertz CT molecular complexity index is 592. The van der Waals surface area contributed by atoms with Gasteiger partial charge in [0.25, 0.3) is 5.92 Å². The van der Waals surface area contributed by atoms with Crippen molar-refractivity contribution < 1.29 is 18.0 Å². The number of likely N-dealkylation sites (tertiary alicyclic amines) is 1. The lowest BCUT2D eigenvalue weighted by molar-refractivity contribution is -0.155. The molecule has 0 saturated carbocycles. The minimum atomic E-state index is -2.92. The molecule has 1 aromatic carbocycles. The molecule has 6 heteroatoms. The van der Waals surface area contributed by atoms with E-state index >= 15 is 0 Å². The number of rotatable bonds is 3. The number of halogens is 3. The summed E-state index contributed by atoms with van der Waals surface area (Å²) in [5.41, 5.74) is -1.13. The molecule has 0 spiro atoms. The fraction of sp³-hybridized carbons (Fsp3) is 0.529. The van der Waals surface area contributed by atoms with Gasteiger partial charge in [-0.05, 0) is 38.0 Å². The van der Waals surface area contributed by atoms with Crippen LogP contribution >= 0.6 is 0 Å². The second-order valence-electron chi connectivity index (χ2n) is 5.88. The molecule has 0 radical (unpaired) electrons. The normalized spacial score (nSPS) is 20.7. The maximum Gasteiger partial charge on any atom is 0.259 e. The molecule has 1 amide bonds. The zero-order valence-electron chi connectivity index (χ0n) is 13.6. The van der Waals surface area contributed by atoms with Crippen LogP contribution in [0.25, 0.3) is 0 Å². The van der Waals surface area contributed by atoms with Crippen molar-refractivity contribution in [2.24, 2.45) is 5.41 Å². The van der Waals surface area contributed by atoms with Crippen molar-refractivity contribution in [3.05, 3.63) is 35.6 Å². The van der Waals surface area contributed by atoms with Crippen LogP contribution in [0.1, 0.15) is 39.2 Å². The fourth-order valence-electron chi connectivity index (χ4n) is 2.36. The number of amides is 1. The summed E-state index contributed by atoms with van der Waals surface area (Å²) in [4.78, 5) is 13.2. The third-order valence-electron chi connectivity index (χ3n) is 4.06. The summed E-state index contributed by atoms with van der Waals surface area (Å²) in [6.45, 7) is 5.19. The van der Waals surface area contributed by atoms with Gasteiger partial charge in [0.15, 0.2) is 0 Å². The van der Waals surface area contributed by atoms with Crippen LogP contribution in [0, 0.1) is 22.6 Å². The number of alkyl halides is 2. The Morgan fingerprint density at radius 1 is 1.43 bits per heavy atom. The highest BCUT2D eigenvalue weighted by atomic mass is 19.3. The Morgan fingerprint density at radius 2 is 2.09 bits per heavy atom. The molecule has 23 heavy (non-hydrogen) atoms. The molecule has 2 rings (SSSR count). The lowest BCUT2D eigenvalue weighted by atomic mass is 9.82. The van der Waals surface area contributed by atoms with Crippen molar-refractivity contribution in [2.45, 2.75) is 39.5 Å². The van der Waals surface area contributed by atoms with E-state index in [-0.39, 0.29) is 12.2 Å². The average molecular weight is 326 g/mol. The van der Waals surface area contributed by atoms with Crippen LogP contribution in [0.4, 0.5) is 13.2 Å². The Balaban J connectivity index is 0.000000253. The minimum Gasteiger partial charge on any atom is -0.342 e. The predicted octanol–water partition coefficient (Wildman–Crippen LogP) is 3.99.